The summed E-state index contributed by atoms with van der Waals surface area (Å²) in [6, 6.07) is 0. The Morgan fingerprint density at radius 3 is 2.65 bits per heavy atom. The van der Waals surface area contributed by atoms with Gasteiger partial charge in [-0.15, -0.1) is 0 Å². The molecule has 5 heteroatoms. The molecule has 2 aliphatic rings. The van der Waals surface area contributed by atoms with Crippen molar-refractivity contribution in [2.45, 2.75) is 53.4 Å². The Morgan fingerprint density at radius 1 is 1.13 bits per heavy atom. The van der Waals surface area contributed by atoms with Crippen molar-refractivity contribution >= 4 is 11.7 Å². The molecule has 5 nitrogen and oxygen atoms in total. The molecule has 0 N–H and O–H groups in total. The first kappa shape index (κ1) is 16.2. The van der Waals surface area contributed by atoms with Crippen LogP contribution < -0.4 is 4.90 Å². The number of aryl methyl sites for hydroxylation is 2. The normalized spacial score (nSPS) is 25.3. The van der Waals surface area contributed by atoms with Crippen molar-refractivity contribution < 1.29 is 4.79 Å². The highest BCUT2D eigenvalue weighted by atomic mass is 16.2. The molecule has 0 aliphatic carbocycles. The number of nitrogens with zero attached hydrogens (tertiary/aromatic N) is 4. The molecule has 1 amide bonds. The number of hydrogen-bond donors (Lipinski definition) is 0. The van der Waals surface area contributed by atoms with Crippen LogP contribution in [-0.4, -0.2) is 47.0 Å². The fourth-order valence-electron chi connectivity index (χ4n) is 4.17. The van der Waals surface area contributed by atoms with Crippen molar-refractivity contribution in [1.82, 2.24) is 14.9 Å². The molecule has 0 unspecified atom stereocenters. The molecular weight excluding hydrogens is 288 g/mol. The third-order valence-corrected chi connectivity index (χ3v) is 5.57. The number of piperidine rings is 2. The average molecular weight is 316 g/mol. The third-order valence-electron chi connectivity index (χ3n) is 5.57. The summed E-state index contributed by atoms with van der Waals surface area (Å²) in [6.45, 7) is 12.0. The molecule has 2 aliphatic heterocycles. The molecule has 23 heavy (non-hydrogen) atoms. The summed E-state index contributed by atoms with van der Waals surface area (Å²) >= 11 is 0. The molecule has 1 atom stereocenters. The van der Waals surface area contributed by atoms with Gasteiger partial charge in [-0.3, -0.25) is 4.79 Å². The Hall–Kier alpha value is -1.65. The maximum atomic E-state index is 12.0. The van der Waals surface area contributed by atoms with Gasteiger partial charge in [0.1, 0.15) is 11.6 Å². The van der Waals surface area contributed by atoms with Crippen molar-refractivity contribution in [3.63, 3.8) is 0 Å². The molecular formula is C18H28N4O. The van der Waals surface area contributed by atoms with E-state index in [0.29, 0.717) is 12.3 Å². The lowest BCUT2D eigenvalue weighted by molar-refractivity contribution is -0.137. The smallest absolute Gasteiger partial charge is 0.222 e. The molecule has 3 rings (SSSR count). The summed E-state index contributed by atoms with van der Waals surface area (Å²) in [6.07, 6.45) is 4.10. The van der Waals surface area contributed by atoms with Gasteiger partial charge >= 0.3 is 0 Å². The van der Waals surface area contributed by atoms with Crippen LogP contribution in [0.4, 0.5) is 5.82 Å². The molecule has 0 aromatic carbocycles. The maximum Gasteiger partial charge on any atom is 0.222 e. The number of anilines is 1. The minimum Gasteiger partial charge on any atom is -0.356 e. The van der Waals surface area contributed by atoms with Crippen LogP contribution in [0.15, 0.2) is 0 Å². The van der Waals surface area contributed by atoms with Crippen LogP contribution >= 0.6 is 0 Å². The van der Waals surface area contributed by atoms with E-state index in [9.17, 15) is 4.79 Å². The molecule has 0 radical (unpaired) electrons. The van der Waals surface area contributed by atoms with Gasteiger partial charge < -0.3 is 9.80 Å². The van der Waals surface area contributed by atoms with Gasteiger partial charge in [-0.25, -0.2) is 9.97 Å². The minimum atomic E-state index is 0.237. The predicted molar refractivity (Wildman–Crippen MR) is 91.6 cm³/mol. The van der Waals surface area contributed by atoms with Gasteiger partial charge in [0.2, 0.25) is 5.91 Å². The maximum absolute atomic E-state index is 12.0. The number of likely N-dealkylation sites (tertiary alicyclic amines) is 1. The van der Waals surface area contributed by atoms with Crippen LogP contribution in [0.3, 0.4) is 0 Å². The van der Waals surface area contributed by atoms with Crippen LogP contribution in [0, 0.1) is 26.2 Å². The first-order chi connectivity index (χ1) is 10.9. The molecule has 0 bridgehead atoms. The first-order valence-electron chi connectivity index (χ1n) is 8.79. The van der Waals surface area contributed by atoms with Crippen LogP contribution in [0.2, 0.25) is 0 Å². The molecule has 2 saturated heterocycles. The standard InChI is InChI=1S/C18H28N4O/c1-5-21-11-18(9-7-16(21)23)8-6-10-22(12-18)17-13(2)14(3)19-15(4)20-17/h5-12H2,1-4H3/t18-/m1/s1. The number of hydrogen-bond acceptors (Lipinski definition) is 4. The Kier molecular flexibility index (Phi) is 4.30. The number of carbonyl (C=O) groups is 1. The predicted octanol–water partition coefficient (Wildman–Crippen LogP) is 2.63. The van der Waals surface area contributed by atoms with Crippen molar-refractivity contribution in [1.29, 1.82) is 0 Å². The quantitative estimate of drug-likeness (QED) is 0.841. The monoisotopic (exact) mass is 316 g/mol. The molecule has 1 aromatic rings. The zero-order valence-corrected chi connectivity index (χ0v) is 14.9. The Bertz CT molecular complexity index is 615. The number of carbonyl (C=O) groups excluding carboxylic acids is 1. The zero-order valence-electron chi connectivity index (χ0n) is 14.9. The molecule has 3 heterocycles. The van der Waals surface area contributed by atoms with E-state index in [0.717, 1.165) is 49.9 Å². The van der Waals surface area contributed by atoms with E-state index in [-0.39, 0.29) is 5.41 Å². The Balaban J connectivity index is 1.85. The summed E-state index contributed by atoms with van der Waals surface area (Å²) in [4.78, 5) is 25.7. The van der Waals surface area contributed by atoms with Gasteiger partial charge in [-0.2, -0.15) is 0 Å². The van der Waals surface area contributed by atoms with Crippen LogP contribution in [0.1, 0.15) is 49.7 Å². The van der Waals surface area contributed by atoms with Gasteiger partial charge in [0.15, 0.2) is 0 Å². The van der Waals surface area contributed by atoms with E-state index in [4.69, 9.17) is 4.98 Å². The van der Waals surface area contributed by atoms with Gasteiger partial charge in [0, 0.05) is 49.3 Å². The van der Waals surface area contributed by atoms with Crippen molar-refractivity contribution in [2.75, 3.05) is 31.1 Å². The van der Waals surface area contributed by atoms with E-state index in [2.05, 4.69) is 30.7 Å². The van der Waals surface area contributed by atoms with Crippen LogP contribution in [0.25, 0.3) is 0 Å². The van der Waals surface area contributed by atoms with Crippen molar-refractivity contribution in [3.05, 3.63) is 17.1 Å². The molecule has 1 spiro atoms. The van der Waals surface area contributed by atoms with E-state index < -0.39 is 0 Å². The minimum absolute atomic E-state index is 0.237. The van der Waals surface area contributed by atoms with Gasteiger partial charge in [-0.1, -0.05) is 0 Å². The van der Waals surface area contributed by atoms with Gasteiger partial charge in [0.25, 0.3) is 0 Å². The second kappa shape index (κ2) is 6.10. The molecule has 0 saturated carbocycles. The molecule has 1 aromatic heterocycles. The van der Waals surface area contributed by atoms with Crippen molar-refractivity contribution in [3.8, 4) is 0 Å². The van der Waals surface area contributed by atoms with Gasteiger partial charge in [-0.05, 0) is 47.0 Å². The zero-order chi connectivity index (χ0) is 16.6. The SMILES string of the molecule is CCN1C[C@@]2(CCCN(c3nc(C)nc(C)c3C)C2)CCC1=O. The summed E-state index contributed by atoms with van der Waals surface area (Å²) < 4.78 is 0. The average Bonchev–Trinajstić information content (AvgIpc) is 2.53. The van der Waals surface area contributed by atoms with Crippen LogP contribution in [-0.2, 0) is 4.79 Å². The highest BCUT2D eigenvalue weighted by Crippen LogP contribution is 2.40. The fourth-order valence-corrected chi connectivity index (χ4v) is 4.17. The van der Waals surface area contributed by atoms with E-state index in [1.807, 2.05) is 11.8 Å². The third kappa shape index (κ3) is 3.06. The Morgan fingerprint density at radius 2 is 1.91 bits per heavy atom. The summed E-state index contributed by atoms with van der Waals surface area (Å²) in [5.74, 6) is 2.26. The second-order valence-corrected chi connectivity index (χ2v) is 7.24. The van der Waals surface area contributed by atoms with Crippen molar-refractivity contribution in [2.24, 2.45) is 5.41 Å². The highest BCUT2D eigenvalue weighted by Gasteiger charge is 2.41. The van der Waals surface area contributed by atoms with Gasteiger partial charge in [0.05, 0.1) is 0 Å². The molecule has 2 fully saturated rings. The number of aromatic nitrogens is 2. The highest BCUT2D eigenvalue weighted by molar-refractivity contribution is 5.77. The lowest BCUT2D eigenvalue weighted by Crippen LogP contribution is -2.54. The van der Waals surface area contributed by atoms with E-state index in [1.165, 1.54) is 18.4 Å². The summed E-state index contributed by atoms with van der Waals surface area (Å²) in [5, 5.41) is 0. The summed E-state index contributed by atoms with van der Waals surface area (Å²) in [5.41, 5.74) is 2.49. The lowest BCUT2D eigenvalue weighted by Gasteiger charge is -2.48. The topological polar surface area (TPSA) is 49.3 Å². The molecule has 126 valence electrons. The fraction of sp³-hybridized carbons (Fsp3) is 0.722. The number of amides is 1. The van der Waals surface area contributed by atoms with Crippen LogP contribution in [0.5, 0.6) is 0 Å². The first-order valence-corrected chi connectivity index (χ1v) is 8.79. The summed E-state index contributed by atoms with van der Waals surface area (Å²) in [7, 11) is 0. The van der Waals surface area contributed by atoms with E-state index in [1.54, 1.807) is 0 Å². The van der Waals surface area contributed by atoms with E-state index >= 15 is 0 Å². The Labute approximate surface area is 139 Å². The largest absolute Gasteiger partial charge is 0.356 e. The lowest BCUT2D eigenvalue weighted by atomic mass is 9.73. The second-order valence-electron chi connectivity index (χ2n) is 7.24. The number of rotatable bonds is 2.